The number of Topliss-reactive ketones (excluding diaryl/α,β-unsaturated/α-hetero) is 3. The topological polar surface area (TPSA) is 69.7 Å². The number of hydrogen-bond donors (Lipinski definition) is 0. The number of ether oxygens (including phenoxy) is 2. The fraction of sp³-hybridized carbons (Fsp3) is 0.800. The van der Waals surface area contributed by atoms with E-state index in [4.69, 9.17) is 9.47 Å². The van der Waals surface area contributed by atoms with E-state index in [9.17, 15) is 14.4 Å². The third kappa shape index (κ3) is 2.13. The molecule has 5 heteroatoms. The Morgan fingerprint density at radius 1 is 1.10 bits per heavy atom. The number of carbonyl (C=O) groups is 3. The van der Waals surface area contributed by atoms with E-state index >= 15 is 0 Å². The summed E-state index contributed by atoms with van der Waals surface area (Å²) in [6, 6.07) is 0. The summed E-state index contributed by atoms with van der Waals surface area (Å²) in [7, 11) is 0. The van der Waals surface area contributed by atoms with Gasteiger partial charge in [-0.15, -0.1) is 0 Å². The van der Waals surface area contributed by atoms with Crippen LogP contribution in [-0.4, -0.2) is 35.8 Å². The molecular weight excluding hydrogens is 260 g/mol. The molecule has 3 aliphatic rings. The molecule has 0 aromatic heterocycles. The molecular formula is C15H20O5. The summed E-state index contributed by atoms with van der Waals surface area (Å²) in [5.74, 6) is -2.83. The van der Waals surface area contributed by atoms with Crippen LogP contribution in [0.2, 0.25) is 0 Å². The first-order chi connectivity index (χ1) is 9.53. The summed E-state index contributed by atoms with van der Waals surface area (Å²) in [5.41, 5.74) is 0. The van der Waals surface area contributed by atoms with Crippen molar-refractivity contribution in [2.24, 2.45) is 11.8 Å². The molecule has 4 atom stereocenters. The number of rotatable bonds is 1. The molecule has 1 aliphatic heterocycles. The molecule has 20 heavy (non-hydrogen) atoms. The Kier molecular flexibility index (Phi) is 3.50. The SMILES string of the molecule is CC1COC2(CCCC(C3CCCC(=O)C3=O)C2=O)O1. The summed E-state index contributed by atoms with van der Waals surface area (Å²) in [4.78, 5) is 36.4. The molecule has 3 fully saturated rings. The molecule has 0 aromatic rings. The van der Waals surface area contributed by atoms with Crippen molar-refractivity contribution in [3.05, 3.63) is 0 Å². The second-order valence-electron chi connectivity index (χ2n) is 6.14. The first-order valence-electron chi connectivity index (χ1n) is 7.46. The highest BCUT2D eigenvalue weighted by Gasteiger charge is 2.54. The highest BCUT2D eigenvalue weighted by atomic mass is 16.7. The highest BCUT2D eigenvalue weighted by Crippen LogP contribution is 2.42. The van der Waals surface area contributed by atoms with Gasteiger partial charge in [0.15, 0.2) is 11.6 Å². The molecule has 2 saturated carbocycles. The quantitative estimate of drug-likeness (QED) is 0.679. The minimum Gasteiger partial charge on any atom is -0.341 e. The van der Waals surface area contributed by atoms with Crippen molar-refractivity contribution in [2.45, 2.75) is 57.3 Å². The minimum absolute atomic E-state index is 0.0959. The van der Waals surface area contributed by atoms with Gasteiger partial charge in [-0.25, -0.2) is 0 Å². The van der Waals surface area contributed by atoms with Gasteiger partial charge in [-0.1, -0.05) is 0 Å². The van der Waals surface area contributed by atoms with E-state index in [1.807, 2.05) is 6.92 Å². The maximum Gasteiger partial charge on any atom is 0.229 e. The summed E-state index contributed by atoms with van der Waals surface area (Å²) in [6.07, 6.45) is 3.57. The van der Waals surface area contributed by atoms with E-state index < -0.39 is 17.6 Å². The van der Waals surface area contributed by atoms with Gasteiger partial charge < -0.3 is 9.47 Å². The van der Waals surface area contributed by atoms with Crippen LogP contribution in [0, 0.1) is 11.8 Å². The Morgan fingerprint density at radius 2 is 1.85 bits per heavy atom. The number of hydrogen-bond acceptors (Lipinski definition) is 5. The second-order valence-corrected chi connectivity index (χ2v) is 6.14. The van der Waals surface area contributed by atoms with Gasteiger partial charge in [0.2, 0.25) is 11.6 Å². The average molecular weight is 280 g/mol. The lowest BCUT2D eigenvalue weighted by molar-refractivity contribution is -0.200. The van der Waals surface area contributed by atoms with Crippen LogP contribution in [0.15, 0.2) is 0 Å². The van der Waals surface area contributed by atoms with Gasteiger partial charge in [0.25, 0.3) is 0 Å². The second kappa shape index (κ2) is 5.04. The Labute approximate surface area is 118 Å². The van der Waals surface area contributed by atoms with Crippen LogP contribution in [0.4, 0.5) is 0 Å². The molecule has 4 unspecified atom stereocenters. The predicted molar refractivity (Wildman–Crippen MR) is 68.9 cm³/mol. The van der Waals surface area contributed by atoms with Gasteiger partial charge in [-0.05, 0) is 32.6 Å². The van der Waals surface area contributed by atoms with E-state index in [-0.39, 0.29) is 23.5 Å². The fourth-order valence-electron chi connectivity index (χ4n) is 3.71. The van der Waals surface area contributed by atoms with Crippen molar-refractivity contribution in [3.8, 4) is 0 Å². The molecule has 1 spiro atoms. The van der Waals surface area contributed by atoms with Crippen LogP contribution in [-0.2, 0) is 23.9 Å². The van der Waals surface area contributed by atoms with Gasteiger partial charge in [-0.2, -0.15) is 0 Å². The predicted octanol–water partition coefficient (Wildman–Crippen LogP) is 1.43. The highest BCUT2D eigenvalue weighted by molar-refractivity contribution is 6.38. The van der Waals surface area contributed by atoms with Gasteiger partial charge in [0.1, 0.15) is 0 Å². The molecule has 2 aliphatic carbocycles. The van der Waals surface area contributed by atoms with Crippen molar-refractivity contribution < 1.29 is 23.9 Å². The van der Waals surface area contributed by atoms with E-state index in [0.29, 0.717) is 38.7 Å². The minimum atomic E-state index is -1.15. The summed E-state index contributed by atoms with van der Waals surface area (Å²) in [6.45, 7) is 2.29. The molecule has 0 amide bonds. The van der Waals surface area contributed by atoms with Gasteiger partial charge in [0, 0.05) is 24.7 Å². The zero-order valence-electron chi connectivity index (χ0n) is 11.7. The Morgan fingerprint density at radius 3 is 2.55 bits per heavy atom. The first kappa shape index (κ1) is 13.9. The normalized spacial score (nSPS) is 42.5. The van der Waals surface area contributed by atoms with Crippen LogP contribution in [0.5, 0.6) is 0 Å². The standard InChI is InChI=1S/C15H20O5/c1-9-8-19-15(20-9)7-3-5-11(14(15)18)10-4-2-6-12(16)13(10)17/h9-11H,2-8H2,1H3. The smallest absolute Gasteiger partial charge is 0.229 e. The van der Waals surface area contributed by atoms with Crippen molar-refractivity contribution in [2.75, 3.05) is 6.61 Å². The molecule has 1 heterocycles. The van der Waals surface area contributed by atoms with Crippen molar-refractivity contribution in [1.82, 2.24) is 0 Å². The molecule has 110 valence electrons. The maximum absolute atomic E-state index is 12.7. The summed E-state index contributed by atoms with van der Waals surface area (Å²) in [5, 5.41) is 0. The zero-order valence-corrected chi connectivity index (χ0v) is 11.7. The molecule has 0 aromatic carbocycles. The van der Waals surface area contributed by atoms with Gasteiger partial charge in [-0.3, -0.25) is 14.4 Å². The number of carbonyl (C=O) groups excluding carboxylic acids is 3. The average Bonchev–Trinajstić information content (AvgIpc) is 2.79. The Hall–Kier alpha value is -1.07. The molecule has 0 radical (unpaired) electrons. The van der Waals surface area contributed by atoms with Crippen molar-refractivity contribution >= 4 is 17.3 Å². The van der Waals surface area contributed by atoms with Crippen LogP contribution < -0.4 is 0 Å². The molecule has 1 saturated heterocycles. The van der Waals surface area contributed by atoms with Crippen molar-refractivity contribution in [3.63, 3.8) is 0 Å². The van der Waals surface area contributed by atoms with E-state index in [0.717, 1.165) is 6.42 Å². The third-order valence-corrected chi connectivity index (χ3v) is 4.69. The van der Waals surface area contributed by atoms with Crippen LogP contribution in [0.1, 0.15) is 45.4 Å². The first-order valence-corrected chi connectivity index (χ1v) is 7.46. The molecule has 0 bridgehead atoms. The monoisotopic (exact) mass is 280 g/mol. The number of ketones is 3. The molecule has 3 rings (SSSR count). The molecule has 5 nitrogen and oxygen atoms in total. The molecule has 0 N–H and O–H groups in total. The van der Waals surface area contributed by atoms with E-state index in [2.05, 4.69) is 0 Å². The zero-order chi connectivity index (χ0) is 14.3. The van der Waals surface area contributed by atoms with Crippen LogP contribution >= 0.6 is 0 Å². The third-order valence-electron chi connectivity index (χ3n) is 4.69. The van der Waals surface area contributed by atoms with Gasteiger partial charge in [0.05, 0.1) is 12.7 Å². The summed E-state index contributed by atoms with van der Waals surface area (Å²) >= 11 is 0. The largest absolute Gasteiger partial charge is 0.341 e. The van der Waals surface area contributed by atoms with Crippen molar-refractivity contribution in [1.29, 1.82) is 0 Å². The lowest BCUT2D eigenvalue weighted by Crippen LogP contribution is -2.51. The summed E-state index contributed by atoms with van der Waals surface area (Å²) < 4.78 is 11.3. The fourth-order valence-corrected chi connectivity index (χ4v) is 3.71. The van der Waals surface area contributed by atoms with Gasteiger partial charge >= 0.3 is 0 Å². The Bertz CT molecular complexity index is 453. The maximum atomic E-state index is 12.7. The van der Waals surface area contributed by atoms with E-state index in [1.54, 1.807) is 0 Å². The Balaban J connectivity index is 1.81. The lowest BCUT2D eigenvalue weighted by atomic mass is 9.70. The van der Waals surface area contributed by atoms with Crippen LogP contribution in [0.3, 0.4) is 0 Å². The van der Waals surface area contributed by atoms with E-state index in [1.165, 1.54) is 0 Å². The van der Waals surface area contributed by atoms with Crippen LogP contribution in [0.25, 0.3) is 0 Å². The lowest BCUT2D eigenvalue weighted by Gasteiger charge is -2.38.